The second-order valence-electron chi connectivity index (χ2n) is 6.59. The Morgan fingerprint density at radius 2 is 1.72 bits per heavy atom. The molecule has 2 aromatic rings. The highest BCUT2D eigenvalue weighted by molar-refractivity contribution is 7.94. The second kappa shape index (κ2) is 6.31. The summed E-state index contributed by atoms with van der Waals surface area (Å²) in [5.74, 6) is 0. The highest BCUT2D eigenvalue weighted by Gasteiger charge is 2.42. The average molecular weight is 358 g/mol. The van der Waals surface area contributed by atoms with E-state index in [1.807, 2.05) is 48.7 Å². The SMILES string of the molecule is CN1c2ccccc2N(C2CCN(Cc3ccccn3)CC2)S1(=O)=O. The number of nitrogens with zero attached hydrogens (tertiary/aromatic N) is 4. The molecule has 3 heterocycles. The van der Waals surface area contributed by atoms with Crippen LogP contribution < -0.4 is 8.61 Å². The fourth-order valence-corrected chi connectivity index (χ4v) is 5.37. The number of hydrogen-bond donors (Lipinski definition) is 0. The summed E-state index contributed by atoms with van der Waals surface area (Å²) in [7, 11) is -1.84. The number of para-hydroxylation sites is 2. The molecule has 1 saturated heterocycles. The van der Waals surface area contributed by atoms with Gasteiger partial charge in [-0.2, -0.15) is 8.42 Å². The van der Waals surface area contributed by atoms with Gasteiger partial charge in [-0.1, -0.05) is 18.2 Å². The predicted molar refractivity (Wildman–Crippen MR) is 98.8 cm³/mol. The van der Waals surface area contributed by atoms with E-state index in [0.717, 1.165) is 49.5 Å². The number of pyridine rings is 1. The van der Waals surface area contributed by atoms with E-state index >= 15 is 0 Å². The Balaban J connectivity index is 1.49. The van der Waals surface area contributed by atoms with Crippen molar-refractivity contribution in [3.05, 3.63) is 54.4 Å². The van der Waals surface area contributed by atoms with Crippen molar-refractivity contribution < 1.29 is 8.42 Å². The molecule has 0 aliphatic carbocycles. The maximum Gasteiger partial charge on any atom is 0.326 e. The Kier molecular flexibility index (Phi) is 4.13. The number of piperidine rings is 1. The van der Waals surface area contributed by atoms with Crippen molar-refractivity contribution in [2.45, 2.75) is 25.4 Å². The van der Waals surface area contributed by atoms with Gasteiger partial charge < -0.3 is 0 Å². The van der Waals surface area contributed by atoms with Crippen molar-refractivity contribution in [3.63, 3.8) is 0 Å². The standard InChI is InChI=1S/C18H22N4O2S/c1-20-17-7-2-3-8-18(17)22(25(20,23)24)16-9-12-21(13-10-16)14-15-6-4-5-11-19-15/h2-8,11,16H,9-10,12-14H2,1H3. The van der Waals surface area contributed by atoms with Gasteiger partial charge in [0.05, 0.1) is 17.1 Å². The summed E-state index contributed by atoms with van der Waals surface area (Å²) in [5.41, 5.74) is 2.62. The van der Waals surface area contributed by atoms with Crippen molar-refractivity contribution in [2.75, 3.05) is 28.7 Å². The first-order chi connectivity index (χ1) is 12.1. The van der Waals surface area contributed by atoms with Gasteiger partial charge in [0.25, 0.3) is 0 Å². The Hall–Kier alpha value is -2.12. The zero-order chi connectivity index (χ0) is 17.4. The van der Waals surface area contributed by atoms with Crippen LogP contribution in [0.1, 0.15) is 18.5 Å². The van der Waals surface area contributed by atoms with Gasteiger partial charge >= 0.3 is 10.2 Å². The molecule has 2 aliphatic heterocycles. The van der Waals surface area contributed by atoms with Crippen LogP contribution in [0.15, 0.2) is 48.7 Å². The molecule has 1 aromatic heterocycles. The van der Waals surface area contributed by atoms with Crippen LogP contribution in [0, 0.1) is 0 Å². The van der Waals surface area contributed by atoms with E-state index in [4.69, 9.17) is 0 Å². The first-order valence-electron chi connectivity index (χ1n) is 8.57. The van der Waals surface area contributed by atoms with E-state index in [2.05, 4.69) is 9.88 Å². The molecule has 0 radical (unpaired) electrons. The number of hydrogen-bond acceptors (Lipinski definition) is 4. The van der Waals surface area contributed by atoms with Crippen molar-refractivity contribution in [1.29, 1.82) is 0 Å². The van der Waals surface area contributed by atoms with Crippen LogP contribution in [0.5, 0.6) is 0 Å². The summed E-state index contributed by atoms with van der Waals surface area (Å²) in [6, 6.07) is 13.5. The maximum absolute atomic E-state index is 12.8. The second-order valence-corrected chi connectivity index (χ2v) is 8.42. The number of likely N-dealkylation sites (tertiary alicyclic amines) is 1. The van der Waals surface area contributed by atoms with E-state index in [1.54, 1.807) is 11.4 Å². The smallest absolute Gasteiger partial charge is 0.297 e. The number of rotatable bonds is 3. The molecule has 0 N–H and O–H groups in total. The third-order valence-electron chi connectivity index (χ3n) is 5.05. The van der Waals surface area contributed by atoms with Crippen LogP contribution in [0.4, 0.5) is 11.4 Å². The monoisotopic (exact) mass is 358 g/mol. The first kappa shape index (κ1) is 16.4. The molecule has 2 aliphatic rings. The third-order valence-corrected chi connectivity index (χ3v) is 6.93. The minimum atomic E-state index is -3.47. The molecular formula is C18H22N4O2S. The minimum Gasteiger partial charge on any atom is -0.297 e. The average Bonchev–Trinajstić information content (AvgIpc) is 2.83. The molecule has 0 saturated carbocycles. The third kappa shape index (κ3) is 2.87. The number of aromatic nitrogens is 1. The highest BCUT2D eigenvalue weighted by atomic mass is 32.2. The summed E-state index contributed by atoms with van der Waals surface area (Å²) in [6.07, 6.45) is 3.47. The van der Waals surface area contributed by atoms with Gasteiger partial charge in [0, 0.05) is 38.9 Å². The van der Waals surface area contributed by atoms with Crippen LogP contribution in [0.2, 0.25) is 0 Å². The normalized spacial score (nSPS) is 20.7. The van der Waals surface area contributed by atoms with Crippen LogP contribution in [-0.2, 0) is 16.8 Å². The van der Waals surface area contributed by atoms with Gasteiger partial charge in [-0.3, -0.25) is 14.2 Å². The number of fused-ring (bicyclic) bond motifs is 1. The van der Waals surface area contributed by atoms with Crippen molar-refractivity contribution in [1.82, 2.24) is 9.88 Å². The van der Waals surface area contributed by atoms with Crippen LogP contribution in [0.3, 0.4) is 0 Å². The molecule has 0 amide bonds. The number of benzene rings is 1. The van der Waals surface area contributed by atoms with Crippen molar-refractivity contribution in [3.8, 4) is 0 Å². The predicted octanol–water partition coefficient (Wildman–Crippen LogP) is 2.25. The van der Waals surface area contributed by atoms with Crippen LogP contribution in [0.25, 0.3) is 0 Å². The lowest BCUT2D eigenvalue weighted by Crippen LogP contribution is -2.48. The lowest BCUT2D eigenvalue weighted by atomic mass is 10.0. The minimum absolute atomic E-state index is 0.0103. The zero-order valence-electron chi connectivity index (χ0n) is 14.2. The molecule has 0 bridgehead atoms. The molecular weight excluding hydrogens is 336 g/mol. The van der Waals surface area contributed by atoms with Gasteiger partial charge in [-0.25, -0.2) is 4.31 Å². The van der Waals surface area contributed by atoms with E-state index in [-0.39, 0.29) is 6.04 Å². The quantitative estimate of drug-likeness (QED) is 0.844. The first-order valence-corrected chi connectivity index (χ1v) is 9.96. The van der Waals surface area contributed by atoms with Crippen LogP contribution >= 0.6 is 0 Å². The molecule has 4 rings (SSSR count). The summed E-state index contributed by atoms with van der Waals surface area (Å²) in [4.78, 5) is 6.72. The van der Waals surface area contributed by atoms with E-state index < -0.39 is 10.2 Å². The Labute approximate surface area is 148 Å². The molecule has 1 aromatic carbocycles. The molecule has 0 unspecified atom stereocenters. The molecule has 0 spiro atoms. The van der Waals surface area contributed by atoms with Crippen LogP contribution in [-0.4, -0.2) is 44.5 Å². The topological polar surface area (TPSA) is 56.8 Å². The zero-order valence-corrected chi connectivity index (χ0v) is 15.1. The van der Waals surface area contributed by atoms with E-state index in [9.17, 15) is 8.42 Å². The lowest BCUT2D eigenvalue weighted by molar-refractivity contribution is 0.204. The van der Waals surface area contributed by atoms with E-state index in [1.165, 1.54) is 4.31 Å². The Morgan fingerprint density at radius 3 is 2.40 bits per heavy atom. The summed E-state index contributed by atoms with van der Waals surface area (Å²) in [6.45, 7) is 2.56. The molecule has 7 heteroatoms. The van der Waals surface area contributed by atoms with Gasteiger partial charge in [0.15, 0.2) is 0 Å². The summed E-state index contributed by atoms with van der Waals surface area (Å²) in [5, 5.41) is 0. The van der Waals surface area contributed by atoms with Gasteiger partial charge in [-0.05, 0) is 37.1 Å². The summed E-state index contributed by atoms with van der Waals surface area (Å²) >= 11 is 0. The lowest BCUT2D eigenvalue weighted by Gasteiger charge is -2.36. The molecule has 6 nitrogen and oxygen atoms in total. The van der Waals surface area contributed by atoms with Gasteiger partial charge in [0.1, 0.15) is 0 Å². The highest BCUT2D eigenvalue weighted by Crippen LogP contribution is 2.42. The van der Waals surface area contributed by atoms with Gasteiger partial charge in [0.2, 0.25) is 0 Å². The summed E-state index contributed by atoms with van der Waals surface area (Å²) < 4.78 is 28.7. The Morgan fingerprint density at radius 1 is 1.04 bits per heavy atom. The number of anilines is 2. The fraction of sp³-hybridized carbons (Fsp3) is 0.389. The largest absolute Gasteiger partial charge is 0.326 e. The maximum atomic E-state index is 12.8. The molecule has 132 valence electrons. The Bertz CT molecular complexity index is 848. The molecule has 1 fully saturated rings. The fourth-order valence-electron chi connectivity index (χ4n) is 3.72. The van der Waals surface area contributed by atoms with Crippen molar-refractivity contribution >= 4 is 21.6 Å². The molecule has 0 atom stereocenters. The molecule has 25 heavy (non-hydrogen) atoms. The van der Waals surface area contributed by atoms with E-state index in [0.29, 0.717) is 0 Å². The van der Waals surface area contributed by atoms with Gasteiger partial charge in [-0.15, -0.1) is 0 Å². The van der Waals surface area contributed by atoms with Crippen molar-refractivity contribution in [2.24, 2.45) is 0 Å².